The van der Waals surface area contributed by atoms with Crippen LogP contribution in [-0.4, -0.2) is 19.8 Å². The maximum Gasteiger partial charge on any atom is 0.0507 e. The average Bonchev–Trinajstić information content (AvgIpc) is 2.83. The Morgan fingerprint density at radius 2 is 2.41 bits per heavy atom. The summed E-state index contributed by atoms with van der Waals surface area (Å²) in [5.41, 5.74) is 1.36. The fourth-order valence-electron chi connectivity index (χ4n) is 2.27. The van der Waals surface area contributed by atoms with Gasteiger partial charge in [-0.05, 0) is 36.5 Å². The van der Waals surface area contributed by atoms with E-state index in [1.807, 2.05) is 0 Å². The van der Waals surface area contributed by atoms with E-state index >= 15 is 0 Å². The summed E-state index contributed by atoms with van der Waals surface area (Å²) >= 11 is 3.53. The first-order valence-electron chi connectivity index (χ1n) is 6.36. The number of ether oxygens (including phenoxy) is 1. The molecule has 1 aliphatic rings. The largest absolute Gasteiger partial charge is 0.381 e. The monoisotopic (exact) mass is 297 g/mol. The first kappa shape index (κ1) is 13.1. The van der Waals surface area contributed by atoms with Crippen LogP contribution >= 0.6 is 15.9 Å². The fraction of sp³-hybridized carbons (Fsp3) is 0.571. The molecule has 1 N–H and O–H groups in total. The van der Waals surface area contributed by atoms with Crippen LogP contribution < -0.4 is 5.32 Å². The molecule has 1 heterocycles. The number of nitrogens with one attached hydrogen (secondary N) is 1. The van der Waals surface area contributed by atoms with Gasteiger partial charge in [-0.3, -0.25) is 0 Å². The molecule has 0 aromatic heterocycles. The van der Waals surface area contributed by atoms with Crippen LogP contribution in [0.2, 0.25) is 0 Å². The highest BCUT2D eigenvalue weighted by atomic mass is 79.9. The third-order valence-electron chi connectivity index (χ3n) is 3.34. The lowest BCUT2D eigenvalue weighted by Gasteiger charge is -2.19. The van der Waals surface area contributed by atoms with Gasteiger partial charge in [-0.1, -0.05) is 35.0 Å². The smallest absolute Gasteiger partial charge is 0.0507 e. The number of halogens is 1. The van der Waals surface area contributed by atoms with E-state index in [0.29, 0.717) is 12.0 Å². The van der Waals surface area contributed by atoms with Gasteiger partial charge in [0.2, 0.25) is 0 Å². The lowest BCUT2D eigenvalue weighted by Crippen LogP contribution is -2.27. The van der Waals surface area contributed by atoms with Crippen LogP contribution in [0.15, 0.2) is 28.7 Å². The van der Waals surface area contributed by atoms with Crippen molar-refractivity contribution < 1.29 is 4.74 Å². The second-order valence-electron chi connectivity index (χ2n) is 4.65. The van der Waals surface area contributed by atoms with E-state index in [0.717, 1.165) is 30.7 Å². The second kappa shape index (κ2) is 6.53. The molecule has 1 fully saturated rings. The van der Waals surface area contributed by atoms with Crippen molar-refractivity contribution in [2.75, 3.05) is 19.8 Å². The van der Waals surface area contributed by atoms with Crippen molar-refractivity contribution in [1.82, 2.24) is 5.32 Å². The van der Waals surface area contributed by atoms with Gasteiger partial charge in [0.15, 0.2) is 0 Å². The molecular formula is C14H20BrNO. The molecular weight excluding hydrogens is 278 g/mol. The SMILES string of the molecule is CCC(NCC1CCOC1)c1cccc(Br)c1. The Morgan fingerprint density at radius 3 is 3.06 bits per heavy atom. The molecule has 1 aromatic rings. The Labute approximate surface area is 112 Å². The fourth-order valence-corrected chi connectivity index (χ4v) is 2.69. The van der Waals surface area contributed by atoms with Crippen LogP contribution in [0.4, 0.5) is 0 Å². The molecule has 0 radical (unpaired) electrons. The summed E-state index contributed by atoms with van der Waals surface area (Å²) in [6.07, 6.45) is 2.31. The van der Waals surface area contributed by atoms with Crippen molar-refractivity contribution in [3.63, 3.8) is 0 Å². The van der Waals surface area contributed by atoms with Crippen LogP contribution in [0.1, 0.15) is 31.4 Å². The molecule has 0 saturated carbocycles. The Balaban J connectivity index is 1.91. The third kappa shape index (κ3) is 3.80. The summed E-state index contributed by atoms with van der Waals surface area (Å²) in [7, 11) is 0. The van der Waals surface area contributed by atoms with Crippen molar-refractivity contribution in [3.8, 4) is 0 Å². The summed E-state index contributed by atoms with van der Waals surface area (Å²) in [5, 5.41) is 3.65. The van der Waals surface area contributed by atoms with E-state index in [-0.39, 0.29) is 0 Å². The van der Waals surface area contributed by atoms with Crippen LogP contribution in [0.3, 0.4) is 0 Å². The zero-order chi connectivity index (χ0) is 12.1. The van der Waals surface area contributed by atoms with Crippen LogP contribution in [-0.2, 0) is 4.74 Å². The van der Waals surface area contributed by atoms with Gasteiger partial charge in [0.05, 0.1) is 6.61 Å². The summed E-state index contributed by atoms with van der Waals surface area (Å²) in [6.45, 7) is 5.14. The molecule has 0 aliphatic carbocycles. The average molecular weight is 298 g/mol. The second-order valence-corrected chi connectivity index (χ2v) is 5.57. The van der Waals surface area contributed by atoms with Gasteiger partial charge in [-0.2, -0.15) is 0 Å². The minimum absolute atomic E-state index is 0.452. The Kier molecular flexibility index (Phi) is 5.01. The quantitative estimate of drug-likeness (QED) is 0.898. The van der Waals surface area contributed by atoms with Gasteiger partial charge in [-0.15, -0.1) is 0 Å². The minimum Gasteiger partial charge on any atom is -0.381 e. The third-order valence-corrected chi connectivity index (χ3v) is 3.83. The zero-order valence-corrected chi connectivity index (χ0v) is 11.9. The Morgan fingerprint density at radius 1 is 1.53 bits per heavy atom. The van der Waals surface area contributed by atoms with Gasteiger partial charge in [0.25, 0.3) is 0 Å². The standard InChI is InChI=1S/C14H20BrNO/c1-2-14(12-4-3-5-13(15)8-12)16-9-11-6-7-17-10-11/h3-5,8,11,14,16H,2,6-7,9-10H2,1H3. The van der Waals surface area contributed by atoms with E-state index in [1.165, 1.54) is 12.0 Å². The Bertz CT molecular complexity index is 350. The minimum atomic E-state index is 0.452. The maximum atomic E-state index is 5.40. The molecule has 0 amide bonds. The molecule has 17 heavy (non-hydrogen) atoms. The number of hydrogen-bond donors (Lipinski definition) is 1. The van der Waals surface area contributed by atoms with E-state index in [9.17, 15) is 0 Å². The maximum absolute atomic E-state index is 5.40. The highest BCUT2D eigenvalue weighted by Crippen LogP contribution is 2.21. The van der Waals surface area contributed by atoms with Gasteiger partial charge in [0.1, 0.15) is 0 Å². The zero-order valence-electron chi connectivity index (χ0n) is 10.3. The predicted octanol–water partition coefficient (Wildman–Crippen LogP) is 3.53. The summed E-state index contributed by atoms with van der Waals surface area (Å²) in [5.74, 6) is 0.691. The molecule has 2 nitrogen and oxygen atoms in total. The summed E-state index contributed by atoms with van der Waals surface area (Å²) in [6, 6.07) is 9.01. The highest BCUT2D eigenvalue weighted by Gasteiger charge is 2.17. The predicted molar refractivity (Wildman–Crippen MR) is 74.1 cm³/mol. The van der Waals surface area contributed by atoms with Gasteiger partial charge in [0, 0.05) is 23.7 Å². The molecule has 2 atom stereocenters. The first-order valence-corrected chi connectivity index (χ1v) is 7.15. The molecule has 3 heteroatoms. The van der Waals surface area contributed by atoms with Gasteiger partial charge >= 0.3 is 0 Å². The topological polar surface area (TPSA) is 21.3 Å². The number of benzene rings is 1. The number of rotatable bonds is 5. The molecule has 2 unspecified atom stereocenters. The molecule has 1 saturated heterocycles. The summed E-state index contributed by atoms with van der Waals surface area (Å²) in [4.78, 5) is 0. The number of hydrogen-bond acceptors (Lipinski definition) is 2. The van der Waals surface area contributed by atoms with Crippen molar-refractivity contribution in [3.05, 3.63) is 34.3 Å². The van der Waals surface area contributed by atoms with Gasteiger partial charge < -0.3 is 10.1 Å². The van der Waals surface area contributed by atoms with Crippen molar-refractivity contribution >= 4 is 15.9 Å². The Hall–Kier alpha value is -0.380. The normalized spacial score (nSPS) is 21.6. The van der Waals surface area contributed by atoms with Crippen molar-refractivity contribution in [1.29, 1.82) is 0 Å². The van der Waals surface area contributed by atoms with E-state index in [4.69, 9.17) is 4.74 Å². The molecule has 0 bridgehead atoms. The van der Waals surface area contributed by atoms with Crippen LogP contribution in [0, 0.1) is 5.92 Å². The lowest BCUT2D eigenvalue weighted by molar-refractivity contribution is 0.184. The van der Waals surface area contributed by atoms with E-state index < -0.39 is 0 Å². The van der Waals surface area contributed by atoms with Crippen LogP contribution in [0.5, 0.6) is 0 Å². The molecule has 2 rings (SSSR count). The molecule has 1 aromatic carbocycles. The van der Waals surface area contributed by atoms with E-state index in [2.05, 4.69) is 52.4 Å². The van der Waals surface area contributed by atoms with Crippen LogP contribution in [0.25, 0.3) is 0 Å². The first-order chi connectivity index (χ1) is 8.29. The molecule has 0 spiro atoms. The lowest BCUT2D eigenvalue weighted by atomic mass is 10.0. The van der Waals surface area contributed by atoms with Crippen molar-refractivity contribution in [2.24, 2.45) is 5.92 Å². The van der Waals surface area contributed by atoms with Gasteiger partial charge in [-0.25, -0.2) is 0 Å². The highest BCUT2D eigenvalue weighted by molar-refractivity contribution is 9.10. The summed E-state index contributed by atoms with van der Waals surface area (Å²) < 4.78 is 6.55. The molecule has 1 aliphatic heterocycles. The van der Waals surface area contributed by atoms with E-state index in [1.54, 1.807) is 0 Å². The van der Waals surface area contributed by atoms with Crippen molar-refractivity contribution in [2.45, 2.75) is 25.8 Å². The molecule has 94 valence electrons.